The number of rotatable bonds is 7. The number of methoxy groups -OCH3 is 1. The SMILES string of the molecule is CC[C@H](C(=O)Nc1ccc(F)c(F)c1)N(c1cc(Cl)ccc1OC)S(C)(=O)=O. The van der Waals surface area contributed by atoms with Crippen molar-refractivity contribution in [3.63, 3.8) is 0 Å². The molecule has 0 heterocycles. The minimum atomic E-state index is -3.93. The quantitative estimate of drug-likeness (QED) is 0.721. The Hall–Kier alpha value is -2.39. The Morgan fingerprint density at radius 2 is 1.89 bits per heavy atom. The van der Waals surface area contributed by atoms with Crippen molar-refractivity contribution >= 4 is 38.9 Å². The summed E-state index contributed by atoms with van der Waals surface area (Å²) in [5.41, 5.74) is 0.0821. The summed E-state index contributed by atoms with van der Waals surface area (Å²) in [5, 5.41) is 2.66. The second kappa shape index (κ2) is 8.74. The Balaban J connectivity index is 2.47. The van der Waals surface area contributed by atoms with Gasteiger partial charge in [0.2, 0.25) is 15.9 Å². The molecule has 0 aliphatic heterocycles. The van der Waals surface area contributed by atoms with E-state index >= 15 is 0 Å². The number of ether oxygens (including phenoxy) is 1. The Labute approximate surface area is 167 Å². The van der Waals surface area contributed by atoms with Gasteiger partial charge >= 0.3 is 0 Å². The summed E-state index contributed by atoms with van der Waals surface area (Å²) < 4.78 is 57.6. The first-order chi connectivity index (χ1) is 13.1. The highest BCUT2D eigenvalue weighted by molar-refractivity contribution is 7.92. The van der Waals surface area contributed by atoms with E-state index in [2.05, 4.69) is 5.32 Å². The first-order valence-corrected chi connectivity index (χ1v) is 10.4. The summed E-state index contributed by atoms with van der Waals surface area (Å²) in [7, 11) is -2.57. The van der Waals surface area contributed by atoms with Crippen molar-refractivity contribution < 1.29 is 26.7 Å². The van der Waals surface area contributed by atoms with E-state index in [1.807, 2.05) is 0 Å². The highest BCUT2D eigenvalue weighted by atomic mass is 35.5. The van der Waals surface area contributed by atoms with Gasteiger partial charge in [0.05, 0.1) is 19.1 Å². The van der Waals surface area contributed by atoms with Crippen LogP contribution in [0.15, 0.2) is 36.4 Å². The lowest BCUT2D eigenvalue weighted by Crippen LogP contribution is -2.47. The van der Waals surface area contributed by atoms with Gasteiger partial charge < -0.3 is 10.1 Å². The molecule has 2 aromatic rings. The lowest BCUT2D eigenvalue weighted by molar-refractivity contribution is -0.117. The molecule has 0 bridgehead atoms. The molecule has 0 saturated carbocycles. The highest BCUT2D eigenvalue weighted by Gasteiger charge is 2.33. The summed E-state index contributed by atoms with van der Waals surface area (Å²) in [6.07, 6.45) is 1.04. The zero-order valence-corrected chi connectivity index (χ0v) is 16.9. The normalized spacial score (nSPS) is 12.4. The molecule has 0 aromatic heterocycles. The first kappa shape index (κ1) is 21.9. The van der Waals surface area contributed by atoms with Gasteiger partial charge in [-0.15, -0.1) is 0 Å². The molecule has 0 aliphatic carbocycles. The number of sulfonamides is 1. The molecule has 1 atom stereocenters. The molecule has 152 valence electrons. The van der Waals surface area contributed by atoms with E-state index in [0.717, 1.165) is 22.7 Å². The van der Waals surface area contributed by atoms with Crippen LogP contribution in [0.4, 0.5) is 20.2 Å². The molecule has 28 heavy (non-hydrogen) atoms. The van der Waals surface area contributed by atoms with Crippen molar-refractivity contribution in [3.8, 4) is 5.75 Å². The van der Waals surface area contributed by atoms with Gasteiger partial charge in [-0.1, -0.05) is 18.5 Å². The molecule has 0 saturated heterocycles. The van der Waals surface area contributed by atoms with E-state index in [9.17, 15) is 22.0 Å². The Bertz CT molecular complexity index is 986. The lowest BCUT2D eigenvalue weighted by atomic mass is 10.1. The van der Waals surface area contributed by atoms with Gasteiger partial charge in [-0.2, -0.15) is 0 Å². The first-order valence-electron chi connectivity index (χ1n) is 8.17. The fraction of sp³-hybridized carbons (Fsp3) is 0.278. The molecule has 0 fully saturated rings. The van der Waals surface area contributed by atoms with E-state index in [4.69, 9.17) is 16.3 Å². The summed E-state index contributed by atoms with van der Waals surface area (Å²) in [6, 6.07) is 6.03. The fourth-order valence-electron chi connectivity index (χ4n) is 2.67. The van der Waals surface area contributed by atoms with Gasteiger partial charge in [0.1, 0.15) is 11.8 Å². The number of amides is 1. The van der Waals surface area contributed by atoms with Gasteiger partial charge in [0.25, 0.3) is 0 Å². The second-order valence-corrected chi connectivity index (χ2v) is 8.21. The Morgan fingerprint density at radius 3 is 2.43 bits per heavy atom. The van der Waals surface area contributed by atoms with Crippen molar-refractivity contribution in [3.05, 3.63) is 53.1 Å². The van der Waals surface area contributed by atoms with Crippen molar-refractivity contribution in [2.45, 2.75) is 19.4 Å². The van der Waals surface area contributed by atoms with Gasteiger partial charge in [0.15, 0.2) is 11.6 Å². The van der Waals surface area contributed by atoms with E-state index in [0.29, 0.717) is 0 Å². The van der Waals surface area contributed by atoms with Crippen LogP contribution in [-0.4, -0.2) is 33.7 Å². The van der Waals surface area contributed by atoms with Crippen LogP contribution in [0.5, 0.6) is 5.75 Å². The fourth-order valence-corrected chi connectivity index (χ4v) is 4.04. The van der Waals surface area contributed by atoms with Crippen molar-refractivity contribution in [2.24, 2.45) is 0 Å². The minimum Gasteiger partial charge on any atom is -0.495 e. The largest absolute Gasteiger partial charge is 0.495 e. The van der Waals surface area contributed by atoms with Crippen LogP contribution in [0.3, 0.4) is 0 Å². The molecule has 2 aromatic carbocycles. The second-order valence-electron chi connectivity index (χ2n) is 5.92. The number of nitrogens with one attached hydrogen (secondary N) is 1. The maximum absolute atomic E-state index is 13.4. The minimum absolute atomic E-state index is 0.00569. The maximum Gasteiger partial charge on any atom is 0.248 e. The van der Waals surface area contributed by atoms with Crippen LogP contribution in [0, 0.1) is 11.6 Å². The number of carbonyl (C=O) groups excluding carboxylic acids is 1. The molecule has 0 aliphatic rings. The topological polar surface area (TPSA) is 75.7 Å². The van der Waals surface area contributed by atoms with Crippen molar-refractivity contribution in [1.82, 2.24) is 0 Å². The van der Waals surface area contributed by atoms with Crippen LogP contribution in [-0.2, 0) is 14.8 Å². The number of halogens is 3. The third kappa shape index (κ3) is 4.90. The van der Waals surface area contributed by atoms with Crippen LogP contribution < -0.4 is 14.4 Å². The predicted molar refractivity (Wildman–Crippen MR) is 104 cm³/mol. The number of carbonyl (C=O) groups is 1. The van der Waals surface area contributed by atoms with E-state index in [1.54, 1.807) is 6.92 Å². The lowest BCUT2D eigenvalue weighted by Gasteiger charge is -2.31. The summed E-state index contributed by atoms with van der Waals surface area (Å²) in [6.45, 7) is 1.62. The van der Waals surface area contributed by atoms with Gasteiger partial charge in [-0.25, -0.2) is 17.2 Å². The molecule has 6 nitrogen and oxygen atoms in total. The van der Waals surface area contributed by atoms with Crippen LogP contribution in [0.2, 0.25) is 5.02 Å². The number of hydrogen-bond donors (Lipinski definition) is 1. The smallest absolute Gasteiger partial charge is 0.248 e. The number of hydrogen-bond acceptors (Lipinski definition) is 4. The highest BCUT2D eigenvalue weighted by Crippen LogP contribution is 2.35. The molecule has 0 unspecified atom stereocenters. The maximum atomic E-state index is 13.4. The van der Waals surface area contributed by atoms with Gasteiger partial charge in [-0.3, -0.25) is 9.10 Å². The van der Waals surface area contributed by atoms with Crippen LogP contribution in [0.1, 0.15) is 13.3 Å². The Kier molecular flexibility index (Phi) is 6.84. The monoisotopic (exact) mass is 432 g/mol. The summed E-state index contributed by atoms with van der Waals surface area (Å²) >= 11 is 6.00. The third-order valence-electron chi connectivity index (χ3n) is 3.90. The summed E-state index contributed by atoms with van der Waals surface area (Å²) in [5.74, 6) is -2.72. The van der Waals surface area contributed by atoms with E-state index in [1.165, 1.54) is 31.4 Å². The van der Waals surface area contributed by atoms with Crippen LogP contribution >= 0.6 is 11.6 Å². The summed E-state index contributed by atoms with van der Waals surface area (Å²) in [4.78, 5) is 12.8. The van der Waals surface area contributed by atoms with E-state index < -0.39 is 33.6 Å². The Morgan fingerprint density at radius 1 is 1.21 bits per heavy atom. The number of nitrogens with zero attached hydrogens (tertiary/aromatic N) is 1. The van der Waals surface area contributed by atoms with Gasteiger partial charge in [-0.05, 0) is 36.8 Å². The zero-order valence-electron chi connectivity index (χ0n) is 15.4. The molecular weight excluding hydrogens is 414 g/mol. The molecule has 1 amide bonds. The average molecular weight is 433 g/mol. The average Bonchev–Trinajstić information content (AvgIpc) is 2.61. The van der Waals surface area contributed by atoms with Crippen LogP contribution in [0.25, 0.3) is 0 Å². The van der Waals surface area contributed by atoms with Crippen molar-refractivity contribution in [1.29, 1.82) is 0 Å². The van der Waals surface area contributed by atoms with E-state index in [-0.39, 0.29) is 28.6 Å². The standard InChI is InChI=1S/C18H19ClF2N2O4S/c1-4-15(18(24)22-12-6-7-13(20)14(21)10-12)23(28(3,25)26)16-9-11(19)5-8-17(16)27-2/h5-10,15H,4H2,1-3H3,(H,22,24)/t15-/m1/s1. The number of benzene rings is 2. The molecule has 0 radical (unpaired) electrons. The molecule has 0 spiro atoms. The molecular formula is C18H19ClF2N2O4S. The molecule has 10 heteroatoms. The zero-order chi connectivity index (χ0) is 21.1. The third-order valence-corrected chi connectivity index (χ3v) is 5.30. The molecule has 2 rings (SSSR count). The molecule has 1 N–H and O–H groups in total. The number of anilines is 2. The van der Waals surface area contributed by atoms with Crippen molar-refractivity contribution in [2.75, 3.05) is 23.0 Å². The predicted octanol–water partition coefficient (Wildman–Crippen LogP) is 3.81. The van der Waals surface area contributed by atoms with Gasteiger partial charge in [0, 0.05) is 16.8 Å².